The van der Waals surface area contributed by atoms with Crippen LogP contribution in [0.5, 0.6) is 17.4 Å². The topological polar surface area (TPSA) is 117 Å². The van der Waals surface area contributed by atoms with Crippen molar-refractivity contribution in [3.8, 4) is 17.4 Å². The van der Waals surface area contributed by atoms with E-state index in [1.165, 1.54) is 7.11 Å². The highest BCUT2D eigenvalue weighted by molar-refractivity contribution is 6.22. The Kier molecular flexibility index (Phi) is 8.44. The van der Waals surface area contributed by atoms with E-state index in [2.05, 4.69) is 9.88 Å². The lowest BCUT2D eigenvalue weighted by molar-refractivity contribution is 0.0600. The summed E-state index contributed by atoms with van der Waals surface area (Å²) in [5, 5.41) is 11.8. The molecule has 1 aliphatic heterocycles. The van der Waals surface area contributed by atoms with Crippen molar-refractivity contribution in [2.45, 2.75) is 6.42 Å². The summed E-state index contributed by atoms with van der Waals surface area (Å²) in [5.41, 5.74) is 3.67. The van der Waals surface area contributed by atoms with Gasteiger partial charge in [0.15, 0.2) is 17.4 Å². The van der Waals surface area contributed by atoms with Gasteiger partial charge in [0.1, 0.15) is 13.2 Å². The van der Waals surface area contributed by atoms with Crippen LogP contribution in [-0.4, -0.2) is 92.0 Å². The molecule has 0 bridgehead atoms. The van der Waals surface area contributed by atoms with Crippen LogP contribution in [0.1, 0.15) is 38.3 Å². The molecule has 2 N–H and O–H groups in total. The molecule has 0 radical (unpaired) electrons. The highest BCUT2D eigenvalue weighted by Gasteiger charge is 2.22. The Balaban J connectivity index is 1.54. The van der Waals surface area contributed by atoms with Crippen molar-refractivity contribution >= 4 is 34.2 Å². The molecule has 0 spiro atoms. The molecule has 0 unspecified atom stereocenters. The molecule has 0 atom stereocenters. The summed E-state index contributed by atoms with van der Waals surface area (Å²) in [6.07, 6.45) is 0.881. The van der Waals surface area contributed by atoms with E-state index in [0.29, 0.717) is 75.8 Å². The molecule has 42 heavy (non-hydrogen) atoms. The van der Waals surface area contributed by atoms with Crippen molar-refractivity contribution in [1.82, 2.24) is 14.8 Å². The normalized spacial score (nSPS) is 12.9. The molecule has 0 aliphatic carbocycles. The molecule has 0 saturated heterocycles. The van der Waals surface area contributed by atoms with Crippen LogP contribution in [0.3, 0.4) is 0 Å². The van der Waals surface area contributed by atoms with Gasteiger partial charge >= 0.3 is 5.97 Å². The molecule has 0 saturated carbocycles. The van der Waals surface area contributed by atoms with Crippen LogP contribution >= 0.6 is 0 Å². The Morgan fingerprint density at radius 2 is 1.60 bits per heavy atom. The predicted octanol–water partition coefficient (Wildman–Crippen LogP) is 4.62. The number of fused-ring (bicyclic) bond motifs is 2. The molecule has 218 valence electrons. The number of carbonyl (C=O) groups is 2. The van der Waals surface area contributed by atoms with Crippen LogP contribution in [0.25, 0.3) is 10.9 Å². The van der Waals surface area contributed by atoms with Crippen LogP contribution in [0, 0.1) is 0 Å². The Labute approximate surface area is 244 Å². The second-order valence-electron chi connectivity index (χ2n) is 10.3. The molecule has 1 aromatic heterocycles. The number of hydrogen-bond acceptors (Lipinski definition) is 8. The SMILES string of the molecule is COC(=O)c1ccc2c(C(=Nc3ccc(C(=O)N(C)CCCN(C)C)cc3)c3ccc4c(c3)OCCO4)c(O)[nH]c2c1. The fourth-order valence-corrected chi connectivity index (χ4v) is 4.88. The minimum absolute atomic E-state index is 0.0629. The quantitative estimate of drug-likeness (QED) is 0.223. The first-order valence-electron chi connectivity index (χ1n) is 13.7. The molecular formula is C32H34N4O6. The standard InChI is InChI=1S/C32H34N4O6/c1-35(2)14-5-15-36(3)31(38)20-6-10-23(11-7-20)33-29(21-9-13-26-27(19-21)42-17-16-41-26)28-24-12-8-22(32(39)40-4)18-25(24)34-30(28)37/h6-13,18-19,34,37H,5,14-17H2,1-4H3. The van der Waals surface area contributed by atoms with Crippen LogP contribution in [-0.2, 0) is 4.74 Å². The van der Waals surface area contributed by atoms with Crippen LogP contribution in [0.15, 0.2) is 65.7 Å². The first-order valence-corrected chi connectivity index (χ1v) is 13.7. The van der Waals surface area contributed by atoms with Gasteiger partial charge in [-0.2, -0.15) is 0 Å². The molecule has 2 heterocycles. The summed E-state index contributed by atoms with van der Waals surface area (Å²) in [7, 11) is 7.14. The van der Waals surface area contributed by atoms with Crippen LogP contribution in [0.2, 0.25) is 0 Å². The number of benzene rings is 3. The average molecular weight is 571 g/mol. The Morgan fingerprint density at radius 3 is 2.31 bits per heavy atom. The largest absolute Gasteiger partial charge is 0.494 e. The molecule has 4 aromatic rings. The van der Waals surface area contributed by atoms with E-state index >= 15 is 0 Å². The third-order valence-electron chi connectivity index (χ3n) is 7.05. The zero-order chi connectivity index (χ0) is 29.8. The number of H-pyrrole nitrogens is 1. The Hall–Kier alpha value is -4.83. The fraction of sp³-hybridized carbons (Fsp3) is 0.281. The van der Waals surface area contributed by atoms with E-state index in [-0.39, 0.29) is 11.8 Å². The molecule has 1 amide bonds. The van der Waals surface area contributed by atoms with E-state index in [9.17, 15) is 14.7 Å². The van der Waals surface area contributed by atoms with Gasteiger partial charge in [0, 0.05) is 35.6 Å². The fourth-order valence-electron chi connectivity index (χ4n) is 4.88. The van der Waals surface area contributed by atoms with Gasteiger partial charge in [0.2, 0.25) is 0 Å². The van der Waals surface area contributed by atoms with Gasteiger partial charge in [-0.3, -0.25) is 4.79 Å². The minimum atomic E-state index is -0.480. The van der Waals surface area contributed by atoms with Crippen molar-refractivity contribution in [1.29, 1.82) is 0 Å². The molecule has 10 heteroatoms. The third kappa shape index (κ3) is 6.08. The number of rotatable bonds is 9. The number of aromatic amines is 1. The number of amides is 1. The number of esters is 1. The number of ether oxygens (including phenoxy) is 3. The van der Waals surface area contributed by atoms with Crippen molar-refractivity contribution in [2.75, 3.05) is 54.6 Å². The first kappa shape index (κ1) is 28.7. The lowest BCUT2D eigenvalue weighted by Crippen LogP contribution is -2.29. The lowest BCUT2D eigenvalue weighted by atomic mass is 9.99. The number of nitrogens with one attached hydrogen (secondary N) is 1. The van der Waals surface area contributed by atoms with Gasteiger partial charge in [-0.25, -0.2) is 9.79 Å². The third-order valence-corrected chi connectivity index (χ3v) is 7.05. The zero-order valence-electron chi connectivity index (χ0n) is 24.1. The van der Waals surface area contributed by atoms with Gasteiger partial charge in [0.25, 0.3) is 5.91 Å². The molecule has 10 nitrogen and oxygen atoms in total. The number of methoxy groups -OCH3 is 1. The summed E-state index contributed by atoms with van der Waals surface area (Å²) in [6.45, 7) is 2.45. The molecule has 0 fully saturated rings. The van der Waals surface area contributed by atoms with Crippen molar-refractivity contribution in [2.24, 2.45) is 4.99 Å². The predicted molar refractivity (Wildman–Crippen MR) is 161 cm³/mol. The highest BCUT2D eigenvalue weighted by atomic mass is 16.6. The second kappa shape index (κ2) is 12.4. The van der Waals surface area contributed by atoms with Crippen molar-refractivity contribution in [3.63, 3.8) is 0 Å². The Morgan fingerprint density at radius 1 is 0.905 bits per heavy atom. The van der Waals surface area contributed by atoms with E-state index in [1.807, 2.05) is 32.3 Å². The highest BCUT2D eigenvalue weighted by Crippen LogP contribution is 2.36. The number of aliphatic imine (C=N–C) groups is 1. The summed E-state index contributed by atoms with van der Waals surface area (Å²) in [6, 6.07) is 17.6. The van der Waals surface area contributed by atoms with Gasteiger partial charge < -0.3 is 34.1 Å². The Bertz CT molecular complexity index is 1640. The zero-order valence-corrected chi connectivity index (χ0v) is 24.1. The van der Waals surface area contributed by atoms with Crippen molar-refractivity contribution < 1.29 is 28.9 Å². The van der Waals surface area contributed by atoms with E-state index in [1.54, 1.807) is 54.4 Å². The minimum Gasteiger partial charge on any atom is -0.494 e. The maximum atomic E-state index is 13.0. The summed E-state index contributed by atoms with van der Waals surface area (Å²) < 4.78 is 16.4. The van der Waals surface area contributed by atoms with Crippen molar-refractivity contribution in [3.05, 3.63) is 82.9 Å². The van der Waals surface area contributed by atoms with E-state index in [4.69, 9.17) is 19.2 Å². The number of aromatic hydroxyl groups is 1. The van der Waals surface area contributed by atoms with Gasteiger partial charge in [-0.05, 0) is 81.7 Å². The smallest absolute Gasteiger partial charge is 0.337 e. The average Bonchev–Trinajstić information content (AvgIpc) is 3.33. The monoisotopic (exact) mass is 570 g/mol. The lowest BCUT2D eigenvalue weighted by Gasteiger charge is -2.19. The van der Waals surface area contributed by atoms with E-state index < -0.39 is 5.97 Å². The number of aromatic nitrogens is 1. The van der Waals surface area contributed by atoms with Crippen LogP contribution < -0.4 is 9.47 Å². The number of nitrogens with zero attached hydrogens (tertiary/aromatic N) is 3. The molecule has 3 aromatic carbocycles. The maximum Gasteiger partial charge on any atom is 0.337 e. The molecular weight excluding hydrogens is 536 g/mol. The maximum absolute atomic E-state index is 13.0. The summed E-state index contributed by atoms with van der Waals surface area (Å²) in [5.74, 6) is 0.565. The second-order valence-corrected chi connectivity index (χ2v) is 10.3. The van der Waals surface area contributed by atoms with Gasteiger partial charge in [0.05, 0.1) is 29.6 Å². The number of hydrogen-bond donors (Lipinski definition) is 2. The first-order chi connectivity index (χ1) is 20.2. The van der Waals surface area contributed by atoms with E-state index in [0.717, 1.165) is 13.0 Å². The summed E-state index contributed by atoms with van der Waals surface area (Å²) in [4.78, 5) is 36.8. The van der Waals surface area contributed by atoms with Crippen LogP contribution in [0.4, 0.5) is 5.69 Å². The molecule has 5 rings (SSSR count). The van der Waals surface area contributed by atoms with Gasteiger partial charge in [-0.1, -0.05) is 6.07 Å². The summed E-state index contributed by atoms with van der Waals surface area (Å²) >= 11 is 0. The molecule has 1 aliphatic rings. The van der Waals surface area contributed by atoms with Gasteiger partial charge in [-0.15, -0.1) is 0 Å². The number of carbonyl (C=O) groups excluding carboxylic acids is 2.